The van der Waals surface area contributed by atoms with E-state index in [1.54, 1.807) is 11.1 Å². The topological polar surface area (TPSA) is 0 Å². The zero-order valence-corrected chi connectivity index (χ0v) is 11.3. The largest absolute Gasteiger partial charge is 0.0735 e. The Balaban J connectivity index is 0.000000605. The van der Waals surface area contributed by atoms with Gasteiger partial charge in [-0.2, -0.15) is 0 Å². The molecule has 1 fully saturated rings. The van der Waals surface area contributed by atoms with Crippen LogP contribution < -0.4 is 0 Å². The van der Waals surface area contributed by atoms with Crippen molar-refractivity contribution in [3.8, 4) is 0 Å². The van der Waals surface area contributed by atoms with Crippen molar-refractivity contribution in [3.63, 3.8) is 0 Å². The summed E-state index contributed by atoms with van der Waals surface area (Å²) in [5.74, 6) is 1.02. The van der Waals surface area contributed by atoms with Crippen LogP contribution in [0, 0.1) is 11.3 Å². The Labute approximate surface area is 91.2 Å². The Hall–Kier alpha value is 0.500. The van der Waals surface area contributed by atoms with Crippen LogP contribution in [0.4, 0.5) is 0 Å². The Morgan fingerprint density at radius 3 is 2.17 bits per heavy atom. The minimum Gasteiger partial charge on any atom is -0.0735 e. The van der Waals surface area contributed by atoms with E-state index in [9.17, 15) is 0 Å². The molecule has 0 N–H and O–H groups in total. The van der Waals surface area contributed by atoms with Crippen LogP contribution in [-0.4, -0.2) is 28.6 Å². The molecule has 0 heterocycles. The van der Waals surface area contributed by atoms with E-state index in [1.165, 1.54) is 19.3 Å². The summed E-state index contributed by atoms with van der Waals surface area (Å²) in [4.78, 5) is 0. The maximum absolute atomic E-state index is 2.40. The molecule has 64 valence electrons. The van der Waals surface area contributed by atoms with Gasteiger partial charge in [0.1, 0.15) is 0 Å². The Bertz CT molecular complexity index is 206. The average molecular weight is 237 g/mol. The molecular weight excluding hydrogens is 221 g/mol. The number of rotatable bonds is 0. The van der Waals surface area contributed by atoms with Gasteiger partial charge in [-0.25, -0.2) is 0 Å². The third-order valence-electron chi connectivity index (χ3n) is 3.63. The quantitative estimate of drug-likeness (QED) is 0.448. The maximum atomic E-state index is 2.40. The molecule has 3 aliphatic rings. The first-order chi connectivity index (χ1) is 4.62. The maximum Gasteiger partial charge on any atom is 0 e. The standard InChI is InChI=1S/C10H16.Ge.Si/c1-7-4-5-8-6-9(7)10(8,2)3;;/h8H,4-6H2,1-3H3;;. The van der Waals surface area contributed by atoms with Gasteiger partial charge in [-0.3, -0.25) is 0 Å². The molecule has 0 aromatic rings. The Morgan fingerprint density at radius 1 is 1.33 bits per heavy atom. The van der Waals surface area contributed by atoms with Crippen molar-refractivity contribution >= 4 is 28.6 Å². The SMILES string of the molecule is CC1=C2CC(CC1)C2(C)C.[Ge].[Si]. The van der Waals surface area contributed by atoms with Gasteiger partial charge in [0.15, 0.2) is 0 Å². The molecule has 2 bridgehead atoms. The summed E-state index contributed by atoms with van der Waals surface area (Å²) in [6, 6.07) is 0. The molecule has 0 aromatic carbocycles. The Kier molecular flexibility index (Phi) is 3.86. The second-order valence-electron chi connectivity index (χ2n) is 4.42. The summed E-state index contributed by atoms with van der Waals surface area (Å²) in [6.45, 7) is 7.12. The second-order valence-corrected chi connectivity index (χ2v) is 4.42. The second kappa shape index (κ2) is 3.70. The van der Waals surface area contributed by atoms with Gasteiger partial charge in [0.25, 0.3) is 0 Å². The number of hydrogen-bond donors (Lipinski definition) is 0. The molecule has 3 rings (SSSR count). The molecule has 1 atom stereocenters. The molecule has 12 heavy (non-hydrogen) atoms. The fourth-order valence-electron chi connectivity index (χ4n) is 2.61. The van der Waals surface area contributed by atoms with E-state index in [-0.39, 0.29) is 28.6 Å². The van der Waals surface area contributed by atoms with Gasteiger partial charge in [-0.15, -0.1) is 0 Å². The van der Waals surface area contributed by atoms with Crippen molar-refractivity contribution < 1.29 is 0 Å². The van der Waals surface area contributed by atoms with Crippen LogP contribution in [0.15, 0.2) is 11.1 Å². The first kappa shape index (κ1) is 12.5. The van der Waals surface area contributed by atoms with Crippen LogP contribution >= 0.6 is 0 Å². The van der Waals surface area contributed by atoms with Crippen molar-refractivity contribution in [1.82, 2.24) is 0 Å². The molecule has 0 saturated heterocycles. The molecule has 2 heteroatoms. The van der Waals surface area contributed by atoms with E-state index >= 15 is 0 Å². The average Bonchev–Trinajstić information content (AvgIpc) is 1.87. The van der Waals surface area contributed by atoms with Gasteiger partial charge in [0.2, 0.25) is 0 Å². The minimum atomic E-state index is 0. The van der Waals surface area contributed by atoms with Gasteiger partial charge >= 0.3 is 0 Å². The van der Waals surface area contributed by atoms with Gasteiger partial charge in [-0.1, -0.05) is 25.0 Å². The number of allylic oxidation sites excluding steroid dienone is 2. The van der Waals surface area contributed by atoms with Crippen molar-refractivity contribution in [2.45, 2.75) is 40.0 Å². The molecule has 3 aliphatic carbocycles. The number of hydrogen-bond acceptors (Lipinski definition) is 0. The van der Waals surface area contributed by atoms with Crippen LogP contribution in [0.2, 0.25) is 0 Å². The molecule has 8 radical (unpaired) electrons. The van der Waals surface area contributed by atoms with Crippen LogP contribution in [0.3, 0.4) is 0 Å². The molecule has 1 unspecified atom stereocenters. The molecule has 0 aromatic heterocycles. The summed E-state index contributed by atoms with van der Waals surface area (Å²) in [5.41, 5.74) is 4.04. The monoisotopic (exact) mass is 238 g/mol. The first-order valence-electron chi connectivity index (χ1n) is 4.31. The van der Waals surface area contributed by atoms with Crippen LogP contribution in [0.5, 0.6) is 0 Å². The predicted octanol–water partition coefficient (Wildman–Crippen LogP) is 2.38. The fraction of sp³-hybridized carbons (Fsp3) is 0.800. The molecule has 0 spiro atoms. The zero-order chi connectivity index (χ0) is 7.35. The third-order valence-corrected chi connectivity index (χ3v) is 3.63. The Morgan fingerprint density at radius 2 is 1.92 bits per heavy atom. The molecule has 0 amide bonds. The summed E-state index contributed by atoms with van der Waals surface area (Å²) in [6.07, 6.45) is 4.24. The van der Waals surface area contributed by atoms with Gasteiger partial charge in [-0.05, 0) is 37.5 Å². The van der Waals surface area contributed by atoms with Gasteiger partial charge in [0, 0.05) is 28.6 Å². The summed E-state index contributed by atoms with van der Waals surface area (Å²) in [7, 11) is 0. The zero-order valence-electron chi connectivity index (χ0n) is 8.20. The molecular formula is C10H16GeSi. The fourth-order valence-corrected chi connectivity index (χ4v) is 2.61. The van der Waals surface area contributed by atoms with E-state index in [0.717, 1.165) is 5.92 Å². The van der Waals surface area contributed by atoms with Crippen molar-refractivity contribution in [2.24, 2.45) is 11.3 Å². The molecule has 0 nitrogen and oxygen atoms in total. The first-order valence-corrected chi connectivity index (χ1v) is 4.31. The minimum absolute atomic E-state index is 0. The summed E-state index contributed by atoms with van der Waals surface area (Å²) in [5, 5.41) is 0. The third kappa shape index (κ3) is 1.46. The van der Waals surface area contributed by atoms with E-state index in [1.807, 2.05) is 0 Å². The van der Waals surface area contributed by atoms with Crippen LogP contribution in [0.25, 0.3) is 0 Å². The molecule has 1 saturated carbocycles. The van der Waals surface area contributed by atoms with E-state index in [0.29, 0.717) is 5.41 Å². The summed E-state index contributed by atoms with van der Waals surface area (Å²) < 4.78 is 0. The van der Waals surface area contributed by atoms with E-state index < -0.39 is 0 Å². The van der Waals surface area contributed by atoms with Crippen molar-refractivity contribution in [2.75, 3.05) is 0 Å². The number of fused-ring (bicyclic) bond motifs is 2. The normalized spacial score (nSPS) is 29.8. The summed E-state index contributed by atoms with van der Waals surface area (Å²) >= 11 is 0. The smallest absolute Gasteiger partial charge is 0 e. The van der Waals surface area contributed by atoms with E-state index in [2.05, 4.69) is 20.8 Å². The van der Waals surface area contributed by atoms with Crippen molar-refractivity contribution in [3.05, 3.63) is 11.1 Å². The predicted molar refractivity (Wildman–Crippen MR) is 55.3 cm³/mol. The van der Waals surface area contributed by atoms with Gasteiger partial charge < -0.3 is 0 Å². The van der Waals surface area contributed by atoms with Crippen LogP contribution in [-0.2, 0) is 0 Å². The molecule has 0 aliphatic heterocycles. The van der Waals surface area contributed by atoms with Gasteiger partial charge in [0.05, 0.1) is 0 Å². The van der Waals surface area contributed by atoms with E-state index in [4.69, 9.17) is 0 Å². The van der Waals surface area contributed by atoms with Crippen molar-refractivity contribution in [1.29, 1.82) is 0 Å². The van der Waals surface area contributed by atoms with Crippen LogP contribution in [0.1, 0.15) is 40.0 Å².